The number of anilines is 1. The second-order valence-corrected chi connectivity index (χ2v) is 6.70. The zero-order valence-corrected chi connectivity index (χ0v) is 15.1. The molecule has 0 aliphatic heterocycles. The van der Waals surface area contributed by atoms with Crippen LogP contribution in [0, 0.1) is 11.3 Å². The second kappa shape index (κ2) is 8.95. The van der Waals surface area contributed by atoms with Gasteiger partial charge in [-0.2, -0.15) is 5.26 Å². The van der Waals surface area contributed by atoms with Crippen molar-refractivity contribution in [3.05, 3.63) is 59.4 Å². The molecule has 1 aromatic carbocycles. The van der Waals surface area contributed by atoms with Crippen LogP contribution in [0.3, 0.4) is 0 Å². The van der Waals surface area contributed by atoms with Crippen molar-refractivity contribution >= 4 is 17.5 Å². The predicted molar refractivity (Wildman–Crippen MR) is 102 cm³/mol. The van der Waals surface area contributed by atoms with Crippen molar-refractivity contribution in [2.24, 2.45) is 0 Å². The fourth-order valence-corrected chi connectivity index (χ4v) is 3.26. The van der Waals surface area contributed by atoms with E-state index in [1.807, 2.05) is 6.07 Å². The number of rotatable bonds is 4. The highest BCUT2D eigenvalue weighted by Gasteiger charge is 2.17. The fraction of sp³-hybridized carbons (Fsp3) is 0.333. The van der Waals surface area contributed by atoms with Gasteiger partial charge in [-0.1, -0.05) is 37.8 Å². The minimum atomic E-state index is -0.457. The lowest BCUT2D eigenvalue weighted by Crippen LogP contribution is -2.34. The quantitative estimate of drug-likeness (QED) is 0.812. The highest BCUT2D eigenvalue weighted by atomic mass is 16.2. The molecule has 0 atom stereocenters. The van der Waals surface area contributed by atoms with Crippen LogP contribution < -0.4 is 10.6 Å². The molecular weight excluding hydrogens is 340 g/mol. The van der Waals surface area contributed by atoms with Gasteiger partial charge < -0.3 is 10.6 Å². The Balaban J connectivity index is 1.70. The first kappa shape index (κ1) is 18.6. The van der Waals surface area contributed by atoms with Crippen LogP contribution in [0.2, 0.25) is 0 Å². The molecule has 1 fully saturated rings. The first-order valence-electron chi connectivity index (χ1n) is 9.25. The average Bonchev–Trinajstić information content (AvgIpc) is 2.97. The Kier molecular flexibility index (Phi) is 6.16. The molecule has 0 spiro atoms. The highest BCUT2D eigenvalue weighted by Crippen LogP contribution is 2.18. The van der Waals surface area contributed by atoms with Gasteiger partial charge in [0.25, 0.3) is 11.8 Å². The number of pyridine rings is 1. The smallest absolute Gasteiger partial charge is 0.274 e. The van der Waals surface area contributed by atoms with Crippen LogP contribution in [0.15, 0.2) is 42.6 Å². The summed E-state index contributed by atoms with van der Waals surface area (Å²) in [5.41, 5.74) is 1.33. The normalized spacial score (nSPS) is 14.6. The molecule has 0 saturated heterocycles. The minimum absolute atomic E-state index is 0.135. The van der Waals surface area contributed by atoms with Gasteiger partial charge in [0, 0.05) is 17.8 Å². The Labute approximate surface area is 158 Å². The van der Waals surface area contributed by atoms with Gasteiger partial charge in [0.1, 0.15) is 11.8 Å². The minimum Gasteiger partial charge on any atom is -0.349 e. The lowest BCUT2D eigenvalue weighted by Gasteiger charge is -2.16. The van der Waals surface area contributed by atoms with Crippen molar-refractivity contribution in [2.75, 3.05) is 5.32 Å². The molecule has 0 radical (unpaired) electrons. The van der Waals surface area contributed by atoms with Crippen LogP contribution in [0.5, 0.6) is 0 Å². The van der Waals surface area contributed by atoms with Crippen LogP contribution >= 0.6 is 0 Å². The topological polar surface area (TPSA) is 94.9 Å². The first-order chi connectivity index (χ1) is 13.2. The molecule has 6 heteroatoms. The van der Waals surface area contributed by atoms with Crippen molar-refractivity contribution in [1.29, 1.82) is 5.26 Å². The summed E-state index contributed by atoms with van der Waals surface area (Å²) in [7, 11) is 0. The molecule has 2 amide bonds. The fourth-order valence-electron chi connectivity index (χ4n) is 3.26. The Morgan fingerprint density at radius 3 is 2.52 bits per heavy atom. The monoisotopic (exact) mass is 362 g/mol. The maximum atomic E-state index is 12.5. The van der Waals surface area contributed by atoms with E-state index in [-0.39, 0.29) is 17.6 Å². The zero-order valence-electron chi connectivity index (χ0n) is 15.1. The van der Waals surface area contributed by atoms with E-state index in [1.165, 1.54) is 25.1 Å². The van der Waals surface area contributed by atoms with Gasteiger partial charge in [0.05, 0.1) is 11.3 Å². The molecule has 1 aromatic heterocycles. The Morgan fingerprint density at radius 1 is 1.04 bits per heavy atom. The van der Waals surface area contributed by atoms with Crippen molar-refractivity contribution in [2.45, 2.75) is 44.6 Å². The van der Waals surface area contributed by atoms with Crippen LogP contribution in [0.25, 0.3) is 0 Å². The summed E-state index contributed by atoms with van der Waals surface area (Å²) in [6.45, 7) is 0. The molecular formula is C21H22N4O2. The number of carbonyl (C=O) groups is 2. The number of benzene rings is 1. The number of hydrogen-bond acceptors (Lipinski definition) is 4. The largest absolute Gasteiger partial charge is 0.349 e. The second-order valence-electron chi connectivity index (χ2n) is 6.70. The van der Waals surface area contributed by atoms with Crippen LogP contribution in [0.4, 0.5) is 5.69 Å². The summed E-state index contributed by atoms with van der Waals surface area (Å²) in [6, 6.07) is 12.0. The van der Waals surface area contributed by atoms with Crippen molar-refractivity contribution in [1.82, 2.24) is 10.3 Å². The lowest BCUT2D eigenvalue weighted by atomic mass is 10.1. The molecule has 1 aliphatic carbocycles. The molecule has 3 rings (SSSR count). The number of nitrogens with zero attached hydrogens (tertiary/aromatic N) is 2. The maximum Gasteiger partial charge on any atom is 0.274 e. The van der Waals surface area contributed by atoms with Gasteiger partial charge in [-0.25, -0.2) is 0 Å². The number of hydrogen-bond donors (Lipinski definition) is 2. The average molecular weight is 362 g/mol. The van der Waals surface area contributed by atoms with Crippen molar-refractivity contribution in [3.8, 4) is 6.07 Å². The number of aromatic nitrogens is 1. The number of carbonyl (C=O) groups excluding carboxylic acids is 2. The summed E-state index contributed by atoms with van der Waals surface area (Å²) in [4.78, 5) is 29.1. The molecule has 6 nitrogen and oxygen atoms in total. The zero-order chi connectivity index (χ0) is 19.1. The highest BCUT2D eigenvalue weighted by molar-refractivity contribution is 6.05. The van der Waals surface area contributed by atoms with E-state index < -0.39 is 5.91 Å². The summed E-state index contributed by atoms with van der Waals surface area (Å²) in [5, 5.41) is 14.9. The molecule has 27 heavy (non-hydrogen) atoms. The molecule has 138 valence electrons. The van der Waals surface area contributed by atoms with Crippen LogP contribution in [-0.4, -0.2) is 22.8 Å². The maximum absolute atomic E-state index is 12.5. The summed E-state index contributed by atoms with van der Waals surface area (Å²) in [5.74, 6) is -0.641. The summed E-state index contributed by atoms with van der Waals surface area (Å²) >= 11 is 0. The van der Waals surface area contributed by atoms with E-state index in [2.05, 4.69) is 15.6 Å². The van der Waals surface area contributed by atoms with E-state index in [0.29, 0.717) is 16.8 Å². The molecule has 0 bridgehead atoms. The molecule has 2 aromatic rings. The SMILES string of the molecule is N#Cc1ccccc1NC(=O)c1cc(C(=O)NC2CCCCCC2)ccn1. The molecule has 1 heterocycles. The third-order valence-electron chi connectivity index (χ3n) is 4.74. The van der Waals surface area contributed by atoms with Crippen molar-refractivity contribution < 1.29 is 9.59 Å². The number of para-hydroxylation sites is 1. The van der Waals surface area contributed by atoms with E-state index in [1.54, 1.807) is 30.3 Å². The van der Waals surface area contributed by atoms with Crippen molar-refractivity contribution in [3.63, 3.8) is 0 Å². The van der Waals surface area contributed by atoms with E-state index in [4.69, 9.17) is 5.26 Å². The number of nitrogens with one attached hydrogen (secondary N) is 2. The molecule has 2 N–H and O–H groups in total. The van der Waals surface area contributed by atoms with Gasteiger partial charge in [0.2, 0.25) is 0 Å². The third kappa shape index (κ3) is 4.91. The first-order valence-corrected chi connectivity index (χ1v) is 9.25. The Bertz CT molecular complexity index is 864. The Morgan fingerprint density at radius 2 is 1.78 bits per heavy atom. The van der Waals surface area contributed by atoms with Gasteiger partial charge >= 0.3 is 0 Å². The Hall–Kier alpha value is -3.20. The van der Waals surface area contributed by atoms with Gasteiger partial charge in [-0.3, -0.25) is 14.6 Å². The van der Waals surface area contributed by atoms with E-state index in [0.717, 1.165) is 25.7 Å². The van der Waals surface area contributed by atoms with Crippen LogP contribution in [0.1, 0.15) is 64.9 Å². The van der Waals surface area contributed by atoms with Gasteiger partial charge in [0.15, 0.2) is 0 Å². The summed E-state index contributed by atoms with van der Waals surface area (Å²) in [6.07, 6.45) is 8.14. The standard InChI is InChI=1S/C21H22N4O2/c22-14-16-7-5-6-10-18(16)25-21(27)19-13-15(11-12-23-19)20(26)24-17-8-3-1-2-4-9-17/h5-7,10-13,17H,1-4,8-9H2,(H,24,26)(H,25,27). The van der Waals surface area contributed by atoms with Gasteiger partial charge in [-0.15, -0.1) is 0 Å². The van der Waals surface area contributed by atoms with Crippen LogP contribution in [-0.2, 0) is 0 Å². The molecule has 1 saturated carbocycles. The number of amides is 2. The lowest BCUT2D eigenvalue weighted by molar-refractivity contribution is 0.0933. The molecule has 0 unspecified atom stereocenters. The summed E-state index contributed by atoms with van der Waals surface area (Å²) < 4.78 is 0. The third-order valence-corrected chi connectivity index (χ3v) is 4.74. The van der Waals surface area contributed by atoms with E-state index >= 15 is 0 Å². The van der Waals surface area contributed by atoms with Gasteiger partial charge in [-0.05, 0) is 37.1 Å². The molecule has 1 aliphatic rings. The van der Waals surface area contributed by atoms with E-state index in [9.17, 15) is 9.59 Å². The number of nitriles is 1. The predicted octanol–water partition coefficient (Wildman–Crippen LogP) is 3.66.